The lowest BCUT2D eigenvalue weighted by atomic mass is 10.5. The van der Waals surface area contributed by atoms with E-state index in [1.54, 1.807) is 6.20 Å². The van der Waals surface area contributed by atoms with Gasteiger partial charge in [0.25, 0.3) is 0 Å². The molecule has 0 aliphatic heterocycles. The molecule has 3 N–H and O–H groups in total. The second-order valence-electron chi connectivity index (χ2n) is 3.39. The van der Waals surface area contributed by atoms with Crippen LogP contribution in [0.2, 0.25) is 0 Å². The Kier molecular flexibility index (Phi) is 2.30. The zero-order valence-electron chi connectivity index (χ0n) is 8.07. The fourth-order valence-electron chi connectivity index (χ4n) is 1.06. The minimum atomic E-state index is 0.401. The normalized spacial score (nSPS) is 16.8. The topological polar surface area (TPSA) is 76.2 Å². The van der Waals surface area contributed by atoms with Crippen molar-refractivity contribution in [1.29, 1.82) is 0 Å². The Morgan fingerprint density at radius 2 is 2.43 bits per heavy atom. The van der Waals surface area contributed by atoms with Crippen LogP contribution in [-0.4, -0.2) is 22.0 Å². The maximum absolute atomic E-state index is 5.66. The van der Waals surface area contributed by atoms with Crippen LogP contribution in [0.25, 0.3) is 0 Å². The molecule has 0 spiro atoms. The highest BCUT2D eigenvalue weighted by Gasteiger charge is 2.20. The van der Waals surface area contributed by atoms with E-state index in [2.05, 4.69) is 20.3 Å². The highest BCUT2D eigenvalue weighted by molar-refractivity contribution is 5.90. The third-order valence-electron chi connectivity index (χ3n) is 1.90. The summed E-state index contributed by atoms with van der Waals surface area (Å²) >= 11 is 0. The molecule has 1 aromatic heterocycles. The smallest absolute Gasteiger partial charge is 0.229 e. The molecular weight excluding hydrogens is 178 g/mol. The van der Waals surface area contributed by atoms with Gasteiger partial charge in [-0.25, -0.2) is 15.0 Å². The van der Waals surface area contributed by atoms with E-state index in [1.807, 2.05) is 13.0 Å². The highest BCUT2D eigenvalue weighted by Crippen LogP contribution is 2.23. The van der Waals surface area contributed by atoms with Gasteiger partial charge in [0, 0.05) is 11.9 Å². The Bertz CT molecular complexity index is 356. The van der Waals surface area contributed by atoms with E-state index in [1.165, 1.54) is 0 Å². The number of hydrogen-bond donors (Lipinski definition) is 2. The molecule has 5 heteroatoms. The quantitative estimate of drug-likeness (QED) is 0.532. The van der Waals surface area contributed by atoms with Crippen molar-refractivity contribution in [1.82, 2.24) is 9.97 Å². The lowest BCUT2D eigenvalue weighted by molar-refractivity contribution is 1.05. The number of aryl methyl sites for hydroxylation is 1. The van der Waals surface area contributed by atoms with Crippen molar-refractivity contribution >= 4 is 11.9 Å². The molecule has 0 saturated heterocycles. The minimum absolute atomic E-state index is 0.401. The minimum Gasteiger partial charge on any atom is -0.370 e. The molecule has 1 fully saturated rings. The van der Waals surface area contributed by atoms with Gasteiger partial charge < -0.3 is 5.73 Å². The van der Waals surface area contributed by atoms with Gasteiger partial charge in [-0.2, -0.15) is 0 Å². The van der Waals surface area contributed by atoms with E-state index in [4.69, 9.17) is 5.73 Å². The fraction of sp³-hybridized carbons (Fsp3) is 0.444. The molecule has 0 bridgehead atoms. The SMILES string of the molecule is Cc1ccnc(NC(N)=NC2CC2)n1. The summed E-state index contributed by atoms with van der Waals surface area (Å²) < 4.78 is 0. The fourth-order valence-corrected chi connectivity index (χ4v) is 1.06. The van der Waals surface area contributed by atoms with Crippen LogP contribution in [0.4, 0.5) is 5.95 Å². The summed E-state index contributed by atoms with van der Waals surface area (Å²) in [6.07, 6.45) is 3.96. The lowest BCUT2D eigenvalue weighted by Gasteiger charge is -2.03. The van der Waals surface area contributed by atoms with Crippen molar-refractivity contribution in [3.8, 4) is 0 Å². The Morgan fingerprint density at radius 1 is 1.64 bits per heavy atom. The predicted molar refractivity (Wildman–Crippen MR) is 55.0 cm³/mol. The number of rotatable bonds is 2. The standard InChI is InChI=1S/C9H13N5/c1-6-4-5-11-9(12-6)14-8(10)13-7-2-3-7/h4-5,7H,2-3H2,1H3,(H3,10,11,12,13,14). The van der Waals surface area contributed by atoms with Crippen molar-refractivity contribution in [2.75, 3.05) is 5.32 Å². The summed E-state index contributed by atoms with van der Waals surface area (Å²) in [5.74, 6) is 0.907. The molecule has 0 unspecified atom stereocenters. The number of nitrogens with two attached hydrogens (primary N) is 1. The average molecular weight is 191 g/mol. The Hall–Kier alpha value is -1.65. The molecule has 1 saturated carbocycles. The van der Waals surface area contributed by atoms with Crippen LogP contribution in [0.1, 0.15) is 18.5 Å². The van der Waals surface area contributed by atoms with Gasteiger partial charge in [0.2, 0.25) is 5.95 Å². The first-order chi connectivity index (χ1) is 6.74. The number of nitrogens with zero attached hydrogens (tertiary/aromatic N) is 3. The predicted octanol–water partition coefficient (Wildman–Crippen LogP) is 0.674. The van der Waals surface area contributed by atoms with Gasteiger partial charge >= 0.3 is 0 Å². The zero-order valence-corrected chi connectivity index (χ0v) is 8.07. The molecule has 5 nitrogen and oxygen atoms in total. The molecule has 0 amide bonds. The number of nitrogens with one attached hydrogen (secondary N) is 1. The summed E-state index contributed by atoms with van der Waals surface area (Å²) in [4.78, 5) is 12.4. The lowest BCUT2D eigenvalue weighted by Crippen LogP contribution is -2.24. The van der Waals surface area contributed by atoms with E-state index in [9.17, 15) is 0 Å². The first-order valence-electron chi connectivity index (χ1n) is 4.64. The van der Waals surface area contributed by atoms with Gasteiger partial charge in [0.15, 0.2) is 5.96 Å². The molecule has 1 aliphatic carbocycles. The van der Waals surface area contributed by atoms with Crippen LogP contribution in [-0.2, 0) is 0 Å². The molecule has 14 heavy (non-hydrogen) atoms. The third kappa shape index (κ3) is 2.42. The number of aliphatic imine (C=N–C) groups is 1. The maximum atomic E-state index is 5.66. The Balaban J connectivity index is 2.02. The van der Waals surface area contributed by atoms with E-state index in [0.717, 1.165) is 18.5 Å². The van der Waals surface area contributed by atoms with E-state index in [-0.39, 0.29) is 0 Å². The molecule has 0 radical (unpaired) electrons. The van der Waals surface area contributed by atoms with E-state index in [0.29, 0.717) is 17.9 Å². The summed E-state index contributed by atoms with van der Waals surface area (Å²) in [5, 5.41) is 2.86. The molecule has 0 aromatic carbocycles. The number of hydrogen-bond acceptors (Lipinski definition) is 3. The Morgan fingerprint density at radius 3 is 3.07 bits per heavy atom. The molecule has 74 valence electrons. The molecule has 1 aliphatic rings. The van der Waals surface area contributed by atoms with E-state index >= 15 is 0 Å². The van der Waals surface area contributed by atoms with Crippen LogP contribution in [0.15, 0.2) is 17.3 Å². The number of anilines is 1. The first kappa shape index (κ1) is 8.93. The van der Waals surface area contributed by atoms with Gasteiger partial charge in [-0.05, 0) is 25.8 Å². The van der Waals surface area contributed by atoms with Crippen molar-refractivity contribution in [2.24, 2.45) is 10.7 Å². The van der Waals surface area contributed by atoms with Gasteiger partial charge in [-0.1, -0.05) is 0 Å². The summed E-state index contributed by atoms with van der Waals surface area (Å²) in [6, 6.07) is 2.24. The van der Waals surface area contributed by atoms with Crippen LogP contribution < -0.4 is 11.1 Å². The average Bonchev–Trinajstić information content (AvgIpc) is 2.87. The number of aromatic nitrogens is 2. The summed E-state index contributed by atoms with van der Waals surface area (Å²) in [6.45, 7) is 1.90. The van der Waals surface area contributed by atoms with Crippen molar-refractivity contribution in [2.45, 2.75) is 25.8 Å². The summed E-state index contributed by atoms with van der Waals surface area (Å²) in [7, 11) is 0. The summed E-state index contributed by atoms with van der Waals surface area (Å²) in [5.41, 5.74) is 6.56. The van der Waals surface area contributed by atoms with Crippen LogP contribution in [0.5, 0.6) is 0 Å². The molecule has 1 heterocycles. The highest BCUT2D eigenvalue weighted by atomic mass is 15.2. The van der Waals surface area contributed by atoms with Crippen molar-refractivity contribution < 1.29 is 0 Å². The van der Waals surface area contributed by atoms with Gasteiger partial charge in [0.05, 0.1) is 6.04 Å². The van der Waals surface area contributed by atoms with E-state index < -0.39 is 0 Å². The van der Waals surface area contributed by atoms with Crippen molar-refractivity contribution in [3.63, 3.8) is 0 Å². The largest absolute Gasteiger partial charge is 0.370 e. The van der Waals surface area contributed by atoms with Crippen LogP contribution in [0, 0.1) is 6.92 Å². The maximum Gasteiger partial charge on any atom is 0.229 e. The second-order valence-corrected chi connectivity index (χ2v) is 3.39. The molecule has 1 aromatic rings. The Labute approximate surface area is 82.5 Å². The van der Waals surface area contributed by atoms with Crippen molar-refractivity contribution in [3.05, 3.63) is 18.0 Å². The van der Waals surface area contributed by atoms with Gasteiger partial charge in [0.1, 0.15) is 0 Å². The monoisotopic (exact) mass is 191 g/mol. The van der Waals surface area contributed by atoms with Crippen LogP contribution in [0.3, 0.4) is 0 Å². The molecular formula is C9H13N5. The van der Waals surface area contributed by atoms with Gasteiger partial charge in [-0.3, -0.25) is 5.32 Å². The number of guanidine groups is 1. The van der Waals surface area contributed by atoms with Gasteiger partial charge in [-0.15, -0.1) is 0 Å². The zero-order chi connectivity index (χ0) is 9.97. The third-order valence-corrected chi connectivity index (χ3v) is 1.90. The first-order valence-corrected chi connectivity index (χ1v) is 4.64. The second kappa shape index (κ2) is 3.61. The van der Waals surface area contributed by atoms with Crippen LogP contribution >= 0.6 is 0 Å². The molecule has 0 atom stereocenters. The molecule has 2 rings (SSSR count).